The molecule has 0 aliphatic carbocycles. The third-order valence-electron chi connectivity index (χ3n) is 6.22. The van der Waals surface area contributed by atoms with Crippen LogP contribution in [0, 0.1) is 5.41 Å². The molecule has 0 saturated carbocycles. The van der Waals surface area contributed by atoms with Gasteiger partial charge in [-0.25, -0.2) is 14.4 Å². The maximum atomic E-state index is 12.8. The summed E-state index contributed by atoms with van der Waals surface area (Å²) in [6.45, 7) is 3.52. The number of hydrogen-bond acceptors (Lipinski definition) is 7. The normalized spacial score (nSPS) is 14.0. The van der Waals surface area contributed by atoms with E-state index < -0.39 is 35.5 Å². The highest BCUT2D eigenvalue weighted by molar-refractivity contribution is 6.08. The summed E-state index contributed by atoms with van der Waals surface area (Å²) >= 11 is 0. The van der Waals surface area contributed by atoms with Gasteiger partial charge < -0.3 is 18.9 Å². The van der Waals surface area contributed by atoms with Gasteiger partial charge in [0, 0.05) is 6.51 Å². The van der Waals surface area contributed by atoms with Crippen LogP contribution in [0.2, 0.25) is 0 Å². The van der Waals surface area contributed by atoms with Crippen molar-refractivity contribution in [2.75, 3.05) is 19.7 Å². The number of carbonyl (C=O) groups excluding carboxylic acids is 3. The summed E-state index contributed by atoms with van der Waals surface area (Å²) in [5, 5.41) is 0. The molecule has 0 aliphatic rings. The van der Waals surface area contributed by atoms with Crippen LogP contribution in [0.5, 0.6) is 0 Å². The van der Waals surface area contributed by atoms with Gasteiger partial charge >= 0.3 is 17.9 Å². The molecule has 0 radical (unpaired) electrons. The van der Waals surface area contributed by atoms with Crippen molar-refractivity contribution in [3.8, 4) is 0 Å². The van der Waals surface area contributed by atoms with E-state index in [1.54, 1.807) is 105 Å². The smallest absolute Gasteiger partial charge is 0.338 e. The minimum atomic E-state index is -1.05. The van der Waals surface area contributed by atoms with Crippen molar-refractivity contribution in [3.05, 3.63) is 108 Å². The highest BCUT2D eigenvalue weighted by Crippen LogP contribution is 2.33. The SMILES string of the molecule is BCOC(COC(=O)c1ccccc1)[C@](C)(COC(=O)c1ccccc1)[C@H](C)OC(=O)c1ccccc1. The molecule has 192 valence electrons. The summed E-state index contributed by atoms with van der Waals surface area (Å²) in [5.41, 5.74) is 0.129. The van der Waals surface area contributed by atoms with E-state index in [0.717, 1.165) is 0 Å². The summed E-state index contributed by atoms with van der Waals surface area (Å²) in [6, 6.07) is 25.8. The first-order chi connectivity index (χ1) is 17.8. The van der Waals surface area contributed by atoms with E-state index in [-0.39, 0.29) is 13.2 Å². The molecular weight excluding hydrogens is 471 g/mol. The molecule has 1 unspecified atom stereocenters. The van der Waals surface area contributed by atoms with Gasteiger partial charge in [0.2, 0.25) is 0 Å². The lowest BCUT2D eigenvalue weighted by atomic mass is 9.79. The van der Waals surface area contributed by atoms with E-state index in [9.17, 15) is 14.4 Å². The Bertz CT molecular complexity index is 1150. The van der Waals surface area contributed by atoms with Gasteiger partial charge in [-0.3, -0.25) is 0 Å². The quantitative estimate of drug-likeness (QED) is 0.211. The van der Waals surface area contributed by atoms with E-state index in [1.807, 2.05) is 7.85 Å². The summed E-state index contributed by atoms with van der Waals surface area (Å²) in [5.74, 6) is -1.56. The lowest BCUT2D eigenvalue weighted by molar-refractivity contribution is -0.126. The van der Waals surface area contributed by atoms with Gasteiger partial charge in [-0.2, -0.15) is 0 Å². The van der Waals surface area contributed by atoms with Crippen LogP contribution in [0.3, 0.4) is 0 Å². The van der Waals surface area contributed by atoms with Crippen molar-refractivity contribution in [2.45, 2.75) is 26.1 Å². The molecule has 0 aliphatic heterocycles. The number of hydrogen-bond donors (Lipinski definition) is 0. The monoisotopic (exact) mass is 502 g/mol. The molecular formula is C29H31BO7. The Morgan fingerprint density at radius 1 is 0.730 bits per heavy atom. The molecule has 7 nitrogen and oxygen atoms in total. The van der Waals surface area contributed by atoms with Crippen LogP contribution in [0.15, 0.2) is 91.0 Å². The topological polar surface area (TPSA) is 88.1 Å². The predicted octanol–water partition coefficient (Wildman–Crippen LogP) is 3.93. The highest BCUT2D eigenvalue weighted by Gasteiger charge is 2.44. The van der Waals surface area contributed by atoms with Gasteiger partial charge in [0.05, 0.1) is 22.1 Å². The largest absolute Gasteiger partial charge is 0.461 e. The number of carbonyl (C=O) groups is 3. The average Bonchev–Trinajstić information content (AvgIpc) is 2.94. The van der Waals surface area contributed by atoms with Crippen molar-refractivity contribution >= 4 is 25.8 Å². The fourth-order valence-electron chi connectivity index (χ4n) is 3.73. The molecule has 3 aromatic carbocycles. The maximum absolute atomic E-state index is 12.8. The molecule has 3 rings (SSSR count). The Labute approximate surface area is 218 Å². The van der Waals surface area contributed by atoms with Crippen LogP contribution >= 0.6 is 0 Å². The van der Waals surface area contributed by atoms with E-state index in [4.69, 9.17) is 18.9 Å². The third-order valence-corrected chi connectivity index (χ3v) is 6.22. The minimum absolute atomic E-state index is 0.131. The lowest BCUT2D eigenvalue weighted by Gasteiger charge is -2.40. The lowest BCUT2D eigenvalue weighted by Crippen LogP contribution is -2.51. The highest BCUT2D eigenvalue weighted by atomic mass is 16.6. The zero-order chi connectivity index (χ0) is 26.7. The summed E-state index contributed by atoms with van der Waals surface area (Å²) in [4.78, 5) is 38.2. The zero-order valence-electron chi connectivity index (χ0n) is 21.3. The predicted molar refractivity (Wildman–Crippen MR) is 141 cm³/mol. The van der Waals surface area contributed by atoms with Gasteiger partial charge in [-0.15, -0.1) is 0 Å². The van der Waals surface area contributed by atoms with Crippen molar-refractivity contribution in [2.24, 2.45) is 5.41 Å². The Kier molecular flexibility index (Phi) is 10.0. The Hall–Kier alpha value is -3.91. The average molecular weight is 502 g/mol. The van der Waals surface area contributed by atoms with Gasteiger partial charge in [-0.05, 0) is 43.3 Å². The van der Waals surface area contributed by atoms with E-state index >= 15 is 0 Å². The van der Waals surface area contributed by atoms with Crippen LogP contribution in [-0.4, -0.2) is 57.7 Å². The van der Waals surface area contributed by atoms with Crippen LogP contribution in [0.4, 0.5) is 0 Å². The molecule has 3 atom stereocenters. The first kappa shape index (κ1) is 27.7. The summed E-state index contributed by atoms with van der Waals surface area (Å²) in [7, 11) is 1.81. The first-order valence-corrected chi connectivity index (χ1v) is 12.2. The Morgan fingerprint density at radius 3 is 1.62 bits per heavy atom. The molecule has 0 bridgehead atoms. The van der Waals surface area contributed by atoms with Crippen molar-refractivity contribution < 1.29 is 33.3 Å². The Balaban J connectivity index is 1.82. The van der Waals surface area contributed by atoms with Crippen molar-refractivity contribution in [3.63, 3.8) is 0 Å². The molecule has 0 amide bonds. The van der Waals surface area contributed by atoms with Gasteiger partial charge in [-0.1, -0.05) is 61.5 Å². The van der Waals surface area contributed by atoms with E-state index in [0.29, 0.717) is 23.2 Å². The zero-order valence-corrected chi connectivity index (χ0v) is 21.3. The fraction of sp³-hybridized carbons (Fsp3) is 0.276. The fourth-order valence-corrected chi connectivity index (χ4v) is 3.73. The summed E-state index contributed by atoms with van der Waals surface area (Å²) < 4.78 is 23.0. The second-order valence-electron chi connectivity index (χ2n) is 8.77. The molecule has 37 heavy (non-hydrogen) atoms. The molecule has 0 fully saturated rings. The minimum Gasteiger partial charge on any atom is -0.461 e. The molecule has 0 saturated heterocycles. The molecule has 0 N–H and O–H groups in total. The van der Waals surface area contributed by atoms with E-state index in [2.05, 4.69) is 0 Å². The van der Waals surface area contributed by atoms with Crippen LogP contribution in [-0.2, 0) is 18.9 Å². The molecule has 8 heteroatoms. The van der Waals surface area contributed by atoms with Crippen LogP contribution in [0.1, 0.15) is 44.9 Å². The third kappa shape index (κ3) is 7.54. The maximum Gasteiger partial charge on any atom is 0.338 e. The number of rotatable bonds is 12. The molecule has 0 aromatic heterocycles. The first-order valence-electron chi connectivity index (χ1n) is 12.2. The number of benzene rings is 3. The van der Waals surface area contributed by atoms with Crippen molar-refractivity contribution in [1.82, 2.24) is 0 Å². The number of ether oxygens (including phenoxy) is 4. The second-order valence-corrected chi connectivity index (χ2v) is 8.77. The van der Waals surface area contributed by atoms with Gasteiger partial charge in [0.15, 0.2) is 0 Å². The van der Waals surface area contributed by atoms with Crippen LogP contribution in [0.25, 0.3) is 0 Å². The van der Waals surface area contributed by atoms with E-state index in [1.165, 1.54) is 0 Å². The Morgan fingerprint density at radius 2 is 1.16 bits per heavy atom. The van der Waals surface area contributed by atoms with Gasteiger partial charge in [0.25, 0.3) is 0 Å². The van der Waals surface area contributed by atoms with Crippen molar-refractivity contribution in [1.29, 1.82) is 0 Å². The van der Waals surface area contributed by atoms with Gasteiger partial charge in [0.1, 0.15) is 33.3 Å². The standard InChI is InChI=1S/C29H31BO7/c1-21(37-28(33)24-16-10-5-11-17-24)29(2,19-35-27(32)23-14-8-4-9-15-23)25(36-20-30)18-34-26(31)22-12-6-3-7-13-22/h3-17,21,25H,18-20,30H2,1-2H3/t21-,25?,29+/m0/s1. The number of esters is 3. The molecule has 0 heterocycles. The molecule has 0 spiro atoms. The molecule has 3 aromatic rings. The second kappa shape index (κ2) is 13.4. The summed E-state index contributed by atoms with van der Waals surface area (Å²) in [6.07, 6.45) is -1.51. The van der Waals surface area contributed by atoms with Crippen LogP contribution < -0.4 is 0 Å².